The lowest BCUT2D eigenvalue weighted by Gasteiger charge is -2.39. The predicted octanol–water partition coefficient (Wildman–Crippen LogP) is 2.47. The summed E-state index contributed by atoms with van der Waals surface area (Å²) in [5.41, 5.74) is 1.83. The maximum Gasteiger partial charge on any atom is 0.129 e. The average Bonchev–Trinajstić information content (AvgIpc) is 2.49. The number of hydrogen-bond acceptors (Lipinski definition) is 3. The molecule has 1 unspecified atom stereocenters. The Kier molecular flexibility index (Phi) is 5.38. The van der Waals surface area contributed by atoms with Gasteiger partial charge in [-0.3, -0.25) is 4.90 Å². The van der Waals surface area contributed by atoms with Crippen LogP contribution in [0.15, 0.2) is 18.2 Å². The molecule has 4 heteroatoms. The second kappa shape index (κ2) is 7.04. The molecule has 1 fully saturated rings. The van der Waals surface area contributed by atoms with Crippen LogP contribution in [0.2, 0.25) is 0 Å². The lowest BCUT2D eigenvalue weighted by molar-refractivity contribution is 0.192. The SMILES string of the molecule is CCC(C)N1CCN(c2cccc(F)c2CNC)CC1. The maximum atomic E-state index is 14.0. The molecule has 0 saturated carbocycles. The summed E-state index contributed by atoms with van der Waals surface area (Å²) in [5.74, 6) is -0.110. The van der Waals surface area contributed by atoms with E-state index in [4.69, 9.17) is 0 Å². The Morgan fingerprint density at radius 2 is 1.95 bits per heavy atom. The van der Waals surface area contributed by atoms with Crippen molar-refractivity contribution in [2.75, 3.05) is 38.1 Å². The Morgan fingerprint density at radius 1 is 1.25 bits per heavy atom. The fourth-order valence-corrected chi connectivity index (χ4v) is 2.86. The summed E-state index contributed by atoms with van der Waals surface area (Å²) in [7, 11) is 1.86. The van der Waals surface area contributed by atoms with E-state index < -0.39 is 0 Å². The van der Waals surface area contributed by atoms with Crippen molar-refractivity contribution in [1.29, 1.82) is 0 Å². The minimum Gasteiger partial charge on any atom is -0.369 e. The molecule has 1 saturated heterocycles. The second-order valence-electron chi connectivity index (χ2n) is 5.55. The van der Waals surface area contributed by atoms with Crippen LogP contribution in [0.5, 0.6) is 0 Å². The Bertz CT molecular complexity index is 428. The first-order chi connectivity index (χ1) is 9.67. The Morgan fingerprint density at radius 3 is 2.55 bits per heavy atom. The first-order valence-electron chi connectivity index (χ1n) is 7.58. The first kappa shape index (κ1) is 15.3. The molecular weight excluding hydrogens is 253 g/mol. The monoisotopic (exact) mass is 279 g/mol. The molecule has 1 heterocycles. The molecule has 3 nitrogen and oxygen atoms in total. The van der Waals surface area contributed by atoms with Gasteiger partial charge in [0.15, 0.2) is 0 Å². The van der Waals surface area contributed by atoms with Crippen LogP contribution in [-0.2, 0) is 6.54 Å². The summed E-state index contributed by atoms with van der Waals surface area (Å²) in [4.78, 5) is 4.84. The van der Waals surface area contributed by atoms with Gasteiger partial charge in [0.1, 0.15) is 5.82 Å². The van der Waals surface area contributed by atoms with Crippen LogP contribution < -0.4 is 10.2 Å². The van der Waals surface area contributed by atoms with Crippen molar-refractivity contribution < 1.29 is 4.39 Å². The summed E-state index contributed by atoms with van der Waals surface area (Å²) in [6.45, 7) is 9.16. The van der Waals surface area contributed by atoms with E-state index in [1.807, 2.05) is 19.2 Å². The third-order valence-electron chi connectivity index (χ3n) is 4.32. The van der Waals surface area contributed by atoms with E-state index in [0.717, 1.165) is 37.4 Å². The number of hydrogen-bond donors (Lipinski definition) is 1. The zero-order chi connectivity index (χ0) is 14.5. The maximum absolute atomic E-state index is 14.0. The molecule has 1 atom stereocenters. The fraction of sp³-hybridized carbons (Fsp3) is 0.625. The summed E-state index contributed by atoms with van der Waals surface area (Å²) in [5, 5.41) is 3.06. The number of piperazine rings is 1. The summed E-state index contributed by atoms with van der Waals surface area (Å²) < 4.78 is 14.0. The molecule has 0 aliphatic carbocycles. The highest BCUT2D eigenvalue weighted by molar-refractivity contribution is 5.54. The number of nitrogens with one attached hydrogen (secondary N) is 1. The van der Waals surface area contributed by atoms with Gasteiger partial charge in [0.05, 0.1) is 0 Å². The van der Waals surface area contributed by atoms with Crippen LogP contribution in [0, 0.1) is 5.82 Å². The standard InChI is InChI=1S/C16H26FN3/c1-4-13(2)19-8-10-20(11-9-19)16-7-5-6-15(17)14(16)12-18-3/h5-7,13,18H,4,8-12H2,1-3H3. The van der Waals surface area contributed by atoms with Crippen LogP contribution in [0.25, 0.3) is 0 Å². The van der Waals surface area contributed by atoms with E-state index in [1.165, 1.54) is 6.42 Å². The largest absolute Gasteiger partial charge is 0.369 e. The lowest BCUT2D eigenvalue weighted by Crippen LogP contribution is -2.49. The van der Waals surface area contributed by atoms with Gasteiger partial charge in [0.2, 0.25) is 0 Å². The fourth-order valence-electron chi connectivity index (χ4n) is 2.86. The van der Waals surface area contributed by atoms with Gasteiger partial charge < -0.3 is 10.2 Å². The quantitative estimate of drug-likeness (QED) is 0.893. The van der Waals surface area contributed by atoms with Gasteiger partial charge in [-0.05, 0) is 32.5 Å². The van der Waals surface area contributed by atoms with Crippen molar-refractivity contribution in [2.24, 2.45) is 0 Å². The van der Waals surface area contributed by atoms with Gasteiger partial charge in [-0.2, -0.15) is 0 Å². The van der Waals surface area contributed by atoms with E-state index in [1.54, 1.807) is 6.07 Å². The van der Waals surface area contributed by atoms with E-state index in [2.05, 4.69) is 29.0 Å². The van der Waals surface area contributed by atoms with Crippen LogP contribution >= 0.6 is 0 Å². The molecule has 2 rings (SSSR count). The molecule has 1 aromatic carbocycles. The number of halogens is 1. The first-order valence-corrected chi connectivity index (χ1v) is 7.58. The lowest BCUT2D eigenvalue weighted by atomic mass is 10.1. The van der Waals surface area contributed by atoms with E-state index in [9.17, 15) is 4.39 Å². The Labute approximate surface area is 121 Å². The number of anilines is 1. The predicted molar refractivity (Wildman–Crippen MR) is 82.7 cm³/mol. The summed E-state index contributed by atoms with van der Waals surface area (Å²) in [6, 6.07) is 6.03. The van der Waals surface area contributed by atoms with Gasteiger partial charge in [-0.1, -0.05) is 13.0 Å². The van der Waals surface area contributed by atoms with Gasteiger partial charge in [0, 0.05) is 50.0 Å². The van der Waals surface area contributed by atoms with E-state index in [0.29, 0.717) is 12.6 Å². The van der Waals surface area contributed by atoms with Crippen LogP contribution in [0.4, 0.5) is 10.1 Å². The van der Waals surface area contributed by atoms with Crippen molar-refractivity contribution in [3.63, 3.8) is 0 Å². The molecule has 0 amide bonds. The van der Waals surface area contributed by atoms with Gasteiger partial charge in [0.25, 0.3) is 0 Å². The normalized spacial score (nSPS) is 18.3. The topological polar surface area (TPSA) is 18.5 Å². The molecule has 20 heavy (non-hydrogen) atoms. The van der Waals surface area contributed by atoms with Crippen LogP contribution in [0.3, 0.4) is 0 Å². The molecule has 112 valence electrons. The third-order valence-corrected chi connectivity index (χ3v) is 4.32. The molecule has 0 spiro atoms. The molecule has 1 aliphatic heterocycles. The third kappa shape index (κ3) is 3.30. The van der Waals surface area contributed by atoms with Crippen molar-refractivity contribution in [3.8, 4) is 0 Å². The molecule has 0 radical (unpaired) electrons. The van der Waals surface area contributed by atoms with E-state index >= 15 is 0 Å². The minimum absolute atomic E-state index is 0.110. The van der Waals surface area contributed by atoms with Crippen molar-refractivity contribution in [2.45, 2.75) is 32.9 Å². The van der Waals surface area contributed by atoms with Gasteiger partial charge >= 0.3 is 0 Å². The molecule has 0 aromatic heterocycles. The molecular formula is C16H26FN3. The second-order valence-corrected chi connectivity index (χ2v) is 5.55. The minimum atomic E-state index is -0.110. The van der Waals surface area contributed by atoms with Crippen molar-refractivity contribution in [1.82, 2.24) is 10.2 Å². The van der Waals surface area contributed by atoms with Gasteiger partial charge in [-0.25, -0.2) is 4.39 Å². The van der Waals surface area contributed by atoms with Crippen molar-refractivity contribution in [3.05, 3.63) is 29.6 Å². The summed E-state index contributed by atoms with van der Waals surface area (Å²) >= 11 is 0. The smallest absolute Gasteiger partial charge is 0.129 e. The zero-order valence-electron chi connectivity index (χ0n) is 12.8. The highest BCUT2D eigenvalue weighted by Crippen LogP contribution is 2.25. The summed E-state index contributed by atoms with van der Waals surface area (Å²) in [6.07, 6.45) is 1.19. The molecule has 1 aliphatic rings. The highest BCUT2D eigenvalue weighted by atomic mass is 19.1. The Balaban J connectivity index is 2.09. The van der Waals surface area contributed by atoms with Crippen molar-refractivity contribution >= 4 is 5.69 Å². The van der Waals surface area contributed by atoms with E-state index in [-0.39, 0.29) is 5.82 Å². The van der Waals surface area contributed by atoms with Crippen LogP contribution in [0.1, 0.15) is 25.8 Å². The zero-order valence-corrected chi connectivity index (χ0v) is 12.8. The Hall–Kier alpha value is -1.13. The number of nitrogens with zero attached hydrogens (tertiary/aromatic N) is 2. The van der Waals surface area contributed by atoms with Gasteiger partial charge in [-0.15, -0.1) is 0 Å². The molecule has 1 aromatic rings. The highest BCUT2D eigenvalue weighted by Gasteiger charge is 2.22. The average molecular weight is 279 g/mol. The van der Waals surface area contributed by atoms with Crippen LogP contribution in [-0.4, -0.2) is 44.2 Å². The molecule has 1 N–H and O–H groups in total. The molecule has 0 bridgehead atoms. The number of rotatable bonds is 5. The number of benzene rings is 1.